The van der Waals surface area contributed by atoms with Crippen molar-refractivity contribution in [3.8, 4) is 6.07 Å². The van der Waals surface area contributed by atoms with Crippen LogP contribution in [0.2, 0.25) is 0 Å². The molecule has 1 aromatic heterocycles. The van der Waals surface area contributed by atoms with Crippen LogP contribution in [0.3, 0.4) is 0 Å². The molecule has 0 bridgehead atoms. The quantitative estimate of drug-likeness (QED) is 0.797. The van der Waals surface area contributed by atoms with Crippen LogP contribution in [0.1, 0.15) is 18.7 Å². The fourth-order valence-corrected chi connectivity index (χ4v) is 1.81. The van der Waals surface area contributed by atoms with Crippen LogP contribution in [0, 0.1) is 11.3 Å². The Morgan fingerprint density at radius 1 is 1.75 bits per heavy atom. The molecule has 84 valence electrons. The second-order valence-corrected chi connectivity index (χ2v) is 3.68. The van der Waals surface area contributed by atoms with E-state index < -0.39 is 12.1 Å². The molecule has 1 aliphatic heterocycles. The highest BCUT2D eigenvalue weighted by Crippen LogP contribution is 2.21. The van der Waals surface area contributed by atoms with Gasteiger partial charge in [-0.05, 0) is 12.8 Å². The predicted molar refractivity (Wildman–Crippen MR) is 52.5 cm³/mol. The Morgan fingerprint density at radius 2 is 2.56 bits per heavy atom. The Kier molecular flexibility index (Phi) is 2.88. The first kappa shape index (κ1) is 10.6. The molecule has 6 nitrogen and oxygen atoms in total. The third-order valence-electron chi connectivity index (χ3n) is 2.60. The first-order chi connectivity index (χ1) is 7.70. The largest absolute Gasteiger partial charge is 0.479 e. The van der Waals surface area contributed by atoms with Gasteiger partial charge < -0.3 is 14.4 Å². The number of carboxylic acid groups (broad SMARTS) is 1. The molecule has 2 atom stereocenters. The molecule has 1 fully saturated rings. The van der Waals surface area contributed by atoms with Gasteiger partial charge >= 0.3 is 5.97 Å². The zero-order chi connectivity index (χ0) is 11.5. The summed E-state index contributed by atoms with van der Waals surface area (Å²) in [5.74, 6) is -0.601. The molecule has 2 unspecified atom stereocenters. The topological polar surface area (TPSA) is 88.1 Å². The summed E-state index contributed by atoms with van der Waals surface area (Å²) >= 11 is 0. The molecule has 0 radical (unpaired) electrons. The Hall–Kier alpha value is -1.87. The van der Waals surface area contributed by atoms with E-state index >= 15 is 0 Å². The van der Waals surface area contributed by atoms with Crippen LogP contribution in [-0.4, -0.2) is 32.8 Å². The fraction of sp³-hybridized carbons (Fsp3) is 0.500. The molecule has 0 aliphatic carbocycles. The van der Waals surface area contributed by atoms with Crippen molar-refractivity contribution in [1.29, 1.82) is 5.26 Å². The van der Waals surface area contributed by atoms with E-state index in [2.05, 4.69) is 4.98 Å². The second kappa shape index (κ2) is 4.33. The van der Waals surface area contributed by atoms with Crippen LogP contribution < -0.4 is 0 Å². The van der Waals surface area contributed by atoms with Gasteiger partial charge in [-0.25, -0.2) is 9.78 Å². The Labute approximate surface area is 92.1 Å². The van der Waals surface area contributed by atoms with Crippen molar-refractivity contribution >= 4 is 5.97 Å². The minimum absolute atomic E-state index is 0.151. The number of carboxylic acids is 1. The van der Waals surface area contributed by atoms with E-state index in [0.717, 1.165) is 0 Å². The molecule has 1 N–H and O–H groups in total. The molecule has 0 spiro atoms. The van der Waals surface area contributed by atoms with Crippen molar-refractivity contribution in [2.45, 2.75) is 31.6 Å². The van der Waals surface area contributed by atoms with Crippen molar-refractivity contribution in [2.75, 3.05) is 0 Å². The molecule has 16 heavy (non-hydrogen) atoms. The van der Waals surface area contributed by atoms with E-state index in [1.54, 1.807) is 17.0 Å². The zero-order valence-corrected chi connectivity index (χ0v) is 8.54. The maximum atomic E-state index is 10.7. The van der Waals surface area contributed by atoms with E-state index in [9.17, 15) is 4.79 Å². The highest BCUT2D eigenvalue weighted by atomic mass is 16.5. The summed E-state index contributed by atoms with van der Waals surface area (Å²) in [6, 6.07) is 1.96. The number of ether oxygens (including phenoxy) is 1. The van der Waals surface area contributed by atoms with Crippen molar-refractivity contribution in [1.82, 2.24) is 9.55 Å². The molecule has 2 heterocycles. The minimum atomic E-state index is -0.923. The van der Waals surface area contributed by atoms with Gasteiger partial charge in [0.25, 0.3) is 0 Å². The van der Waals surface area contributed by atoms with Crippen LogP contribution >= 0.6 is 0 Å². The van der Waals surface area contributed by atoms with Crippen LogP contribution in [0.15, 0.2) is 12.4 Å². The van der Waals surface area contributed by atoms with Crippen LogP contribution in [0.4, 0.5) is 0 Å². The first-order valence-electron chi connectivity index (χ1n) is 5.00. The summed E-state index contributed by atoms with van der Waals surface area (Å²) in [5.41, 5.74) is 0. The lowest BCUT2D eigenvalue weighted by molar-refractivity contribution is -0.149. The number of rotatable bonds is 3. The summed E-state index contributed by atoms with van der Waals surface area (Å²) in [5, 5.41) is 17.5. The highest BCUT2D eigenvalue weighted by Gasteiger charge is 2.30. The minimum Gasteiger partial charge on any atom is -0.479 e. The van der Waals surface area contributed by atoms with Crippen molar-refractivity contribution in [3.63, 3.8) is 0 Å². The average Bonchev–Trinajstić information content (AvgIpc) is 2.87. The SMILES string of the molecule is N#Cc1nccn1CC1CCC(C(=O)O)O1. The smallest absolute Gasteiger partial charge is 0.332 e. The standard InChI is InChI=1S/C10H11N3O3/c11-5-9-12-3-4-13(9)6-7-1-2-8(16-7)10(14)15/h3-4,7-8H,1-2,6H2,(H,14,15). The van der Waals surface area contributed by atoms with Gasteiger partial charge in [-0.15, -0.1) is 0 Å². The van der Waals surface area contributed by atoms with Crippen molar-refractivity contribution in [3.05, 3.63) is 18.2 Å². The van der Waals surface area contributed by atoms with E-state index in [4.69, 9.17) is 15.1 Å². The molecule has 1 aromatic rings. The lowest BCUT2D eigenvalue weighted by atomic mass is 10.2. The molecule has 1 saturated heterocycles. The number of aliphatic carboxylic acids is 1. The van der Waals surface area contributed by atoms with Crippen LogP contribution in [0.5, 0.6) is 0 Å². The Balaban J connectivity index is 1.98. The van der Waals surface area contributed by atoms with Gasteiger partial charge in [0.05, 0.1) is 12.6 Å². The van der Waals surface area contributed by atoms with E-state index in [1.165, 1.54) is 0 Å². The maximum absolute atomic E-state index is 10.7. The molecule has 2 rings (SSSR count). The average molecular weight is 221 g/mol. The number of carbonyl (C=O) groups is 1. The monoisotopic (exact) mass is 221 g/mol. The molecule has 6 heteroatoms. The van der Waals surface area contributed by atoms with E-state index in [0.29, 0.717) is 25.2 Å². The van der Waals surface area contributed by atoms with Gasteiger partial charge in [-0.3, -0.25) is 0 Å². The molecular weight excluding hydrogens is 210 g/mol. The summed E-state index contributed by atoms with van der Waals surface area (Å²) in [7, 11) is 0. The molecule has 0 saturated carbocycles. The van der Waals surface area contributed by atoms with Gasteiger partial charge in [0.2, 0.25) is 5.82 Å². The molecule has 0 amide bonds. The van der Waals surface area contributed by atoms with Gasteiger partial charge in [0, 0.05) is 12.4 Å². The highest BCUT2D eigenvalue weighted by molar-refractivity contribution is 5.72. The number of aromatic nitrogens is 2. The number of hydrogen-bond donors (Lipinski definition) is 1. The summed E-state index contributed by atoms with van der Waals surface area (Å²) in [4.78, 5) is 14.5. The van der Waals surface area contributed by atoms with E-state index in [1.807, 2.05) is 6.07 Å². The van der Waals surface area contributed by atoms with Crippen molar-refractivity contribution < 1.29 is 14.6 Å². The lowest BCUT2D eigenvalue weighted by Crippen LogP contribution is -2.23. The summed E-state index contributed by atoms with van der Waals surface area (Å²) in [6.07, 6.45) is 3.59. The number of nitriles is 1. The third-order valence-corrected chi connectivity index (χ3v) is 2.60. The normalized spacial score (nSPS) is 24.2. The predicted octanol–water partition coefficient (Wildman–Crippen LogP) is 0.387. The zero-order valence-electron chi connectivity index (χ0n) is 8.54. The molecule has 1 aliphatic rings. The fourth-order valence-electron chi connectivity index (χ4n) is 1.81. The Bertz CT molecular complexity index is 435. The number of nitrogens with zero attached hydrogens (tertiary/aromatic N) is 3. The number of imidazole rings is 1. The van der Waals surface area contributed by atoms with Gasteiger partial charge in [0.1, 0.15) is 6.07 Å². The van der Waals surface area contributed by atoms with Gasteiger partial charge in [-0.1, -0.05) is 0 Å². The van der Waals surface area contributed by atoms with Crippen LogP contribution in [0.25, 0.3) is 0 Å². The summed E-state index contributed by atoms with van der Waals surface area (Å²) in [6.45, 7) is 0.479. The lowest BCUT2D eigenvalue weighted by Gasteiger charge is -2.12. The first-order valence-corrected chi connectivity index (χ1v) is 5.00. The van der Waals surface area contributed by atoms with Crippen LogP contribution in [-0.2, 0) is 16.1 Å². The molecule has 0 aromatic carbocycles. The van der Waals surface area contributed by atoms with E-state index in [-0.39, 0.29) is 6.10 Å². The van der Waals surface area contributed by atoms with Crippen molar-refractivity contribution in [2.24, 2.45) is 0 Å². The van der Waals surface area contributed by atoms with Gasteiger partial charge in [0.15, 0.2) is 6.10 Å². The Morgan fingerprint density at radius 3 is 3.19 bits per heavy atom. The number of hydrogen-bond acceptors (Lipinski definition) is 4. The molecular formula is C10H11N3O3. The third kappa shape index (κ3) is 2.04. The van der Waals surface area contributed by atoms with Gasteiger partial charge in [-0.2, -0.15) is 5.26 Å². The summed E-state index contributed by atoms with van der Waals surface area (Å²) < 4.78 is 7.01. The maximum Gasteiger partial charge on any atom is 0.332 e. The second-order valence-electron chi connectivity index (χ2n) is 3.68.